The summed E-state index contributed by atoms with van der Waals surface area (Å²) in [5, 5.41) is 0. The number of ether oxygens (including phenoxy) is 3. The molecule has 77 heavy (non-hydrogen) atoms. The fourth-order valence-corrected chi connectivity index (χ4v) is 8.45. The average Bonchev–Trinajstić information content (AvgIpc) is 3.43. The molecule has 0 aliphatic heterocycles. The fraction of sp³-hybridized carbons (Fsp3) is 0.648. The van der Waals surface area contributed by atoms with Crippen LogP contribution in [0.3, 0.4) is 0 Å². The molecule has 0 aromatic heterocycles. The summed E-state index contributed by atoms with van der Waals surface area (Å²) in [6, 6.07) is 0. The lowest BCUT2D eigenvalue weighted by Crippen LogP contribution is -2.30. The van der Waals surface area contributed by atoms with E-state index in [9.17, 15) is 14.4 Å². The zero-order valence-electron chi connectivity index (χ0n) is 49.9. The van der Waals surface area contributed by atoms with Gasteiger partial charge in [0, 0.05) is 19.3 Å². The van der Waals surface area contributed by atoms with Crippen LogP contribution >= 0.6 is 0 Å². The van der Waals surface area contributed by atoms with E-state index >= 15 is 0 Å². The maximum atomic E-state index is 12.9. The number of hydrogen-bond acceptors (Lipinski definition) is 6. The number of carbonyl (C=O) groups is 3. The van der Waals surface area contributed by atoms with Gasteiger partial charge in [0.2, 0.25) is 0 Å². The van der Waals surface area contributed by atoms with Crippen LogP contribution in [0, 0.1) is 0 Å². The van der Waals surface area contributed by atoms with Crippen molar-refractivity contribution in [1.82, 2.24) is 0 Å². The highest BCUT2D eigenvalue weighted by atomic mass is 16.6. The Labute approximate surface area is 475 Å². The summed E-state index contributed by atoms with van der Waals surface area (Å²) in [7, 11) is 0. The quantitative estimate of drug-likeness (QED) is 0.0261. The molecule has 0 aliphatic rings. The molecule has 1 unspecified atom stereocenters. The molecule has 436 valence electrons. The first kappa shape index (κ1) is 72.5. The second-order valence-corrected chi connectivity index (χ2v) is 20.5. The molecule has 0 saturated carbocycles. The van der Waals surface area contributed by atoms with Crippen molar-refractivity contribution in [3.8, 4) is 0 Å². The smallest absolute Gasteiger partial charge is 0.306 e. The Morgan fingerprint density at radius 3 is 0.883 bits per heavy atom. The van der Waals surface area contributed by atoms with Gasteiger partial charge in [-0.3, -0.25) is 14.4 Å². The molecule has 0 aromatic carbocycles. The van der Waals surface area contributed by atoms with Crippen molar-refractivity contribution in [3.05, 3.63) is 134 Å². The SMILES string of the molecule is CC/C=C\C/C=C\C/C=C\C/C=C\C/C=C\CCCCCC(=O)OC(COC(=O)CC/C=C\C/C=C\C/C=C\C/C=C\CC)COC(=O)CCCCCCCCCCCCCCCCC/C=C\C/C=C\CCCCCCC. The zero-order chi connectivity index (χ0) is 55.7. The topological polar surface area (TPSA) is 78.9 Å². The van der Waals surface area contributed by atoms with Crippen LogP contribution in [0.4, 0.5) is 0 Å². The average molecular weight is 1070 g/mol. The summed E-state index contributed by atoms with van der Waals surface area (Å²) < 4.78 is 16.8. The highest BCUT2D eigenvalue weighted by Gasteiger charge is 2.19. The molecule has 0 spiro atoms. The predicted molar refractivity (Wildman–Crippen MR) is 334 cm³/mol. The number of allylic oxidation sites excluding steroid dienone is 22. The van der Waals surface area contributed by atoms with E-state index in [4.69, 9.17) is 14.2 Å². The maximum absolute atomic E-state index is 12.9. The Morgan fingerprint density at radius 1 is 0.273 bits per heavy atom. The Morgan fingerprint density at radius 2 is 0.532 bits per heavy atom. The third kappa shape index (κ3) is 62.3. The Bertz CT molecular complexity index is 1650. The number of unbranched alkanes of at least 4 members (excludes halogenated alkanes) is 23. The Balaban J connectivity index is 4.38. The molecule has 6 nitrogen and oxygen atoms in total. The summed E-state index contributed by atoms with van der Waals surface area (Å²) >= 11 is 0. The second-order valence-electron chi connectivity index (χ2n) is 20.5. The molecule has 0 N–H and O–H groups in total. The monoisotopic (exact) mass is 1060 g/mol. The van der Waals surface area contributed by atoms with Gasteiger partial charge in [-0.15, -0.1) is 0 Å². The first-order valence-corrected chi connectivity index (χ1v) is 31.7. The Kier molecular flexibility index (Phi) is 60.4. The van der Waals surface area contributed by atoms with Gasteiger partial charge in [0.15, 0.2) is 6.10 Å². The van der Waals surface area contributed by atoms with Crippen molar-refractivity contribution in [2.75, 3.05) is 13.2 Å². The lowest BCUT2D eigenvalue weighted by atomic mass is 10.0. The molecule has 0 aromatic rings. The molecule has 0 saturated heterocycles. The van der Waals surface area contributed by atoms with Crippen LogP contribution in [0.25, 0.3) is 0 Å². The minimum absolute atomic E-state index is 0.117. The zero-order valence-corrected chi connectivity index (χ0v) is 49.9. The van der Waals surface area contributed by atoms with E-state index in [1.54, 1.807) is 0 Å². The van der Waals surface area contributed by atoms with Crippen molar-refractivity contribution in [2.45, 2.75) is 284 Å². The summed E-state index contributed by atoms with van der Waals surface area (Å²) in [4.78, 5) is 38.2. The lowest BCUT2D eigenvalue weighted by molar-refractivity contribution is -0.166. The molecule has 6 heteroatoms. The van der Waals surface area contributed by atoms with E-state index < -0.39 is 6.10 Å². The summed E-state index contributed by atoms with van der Waals surface area (Å²) in [5.41, 5.74) is 0. The summed E-state index contributed by atoms with van der Waals surface area (Å²) in [6.45, 7) is 6.31. The molecule has 0 radical (unpaired) electrons. The van der Waals surface area contributed by atoms with Gasteiger partial charge < -0.3 is 14.2 Å². The molecular weight excluding hydrogens is 949 g/mol. The maximum Gasteiger partial charge on any atom is 0.306 e. The highest BCUT2D eigenvalue weighted by Crippen LogP contribution is 2.16. The first-order valence-electron chi connectivity index (χ1n) is 31.7. The molecule has 1 atom stereocenters. The van der Waals surface area contributed by atoms with Crippen molar-refractivity contribution >= 4 is 17.9 Å². The van der Waals surface area contributed by atoms with Gasteiger partial charge in [0.1, 0.15) is 13.2 Å². The van der Waals surface area contributed by atoms with Crippen molar-refractivity contribution in [3.63, 3.8) is 0 Å². The van der Waals surface area contributed by atoms with E-state index in [0.717, 1.165) is 103 Å². The van der Waals surface area contributed by atoms with Crippen LogP contribution in [0.1, 0.15) is 278 Å². The predicted octanol–water partition coefficient (Wildman–Crippen LogP) is 21.8. The minimum Gasteiger partial charge on any atom is -0.462 e. The molecule has 0 fully saturated rings. The van der Waals surface area contributed by atoms with Crippen LogP contribution in [-0.2, 0) is 28.6 Å². The van der Waals surface area contributed by atoms with Crippen molar-refractivity contribution in [2.24, 2.45) is 0 Å². The second kappa shape index (κ2) is 64.1. The molecular formula is C71H116O6. The van der Waals surface area contributed by atoms with Gasteiger partial charge in [0.05, 0.1) is 0 Å². The minimum atomic E-state index is -0.830. The van der Waals surface area contributed by atoms with Crippen LogP contribution in [0.2, 0.25) is 0 Å². The molecule has 0 heterocycles. The van der Waals surface area contributed by atoms with Gasteiger partial charge in [-0.1, -0.05) is 270 Å². The van der Waals surface area contributed by atoms with Gasteiger partial charge >= 0.3 is 17.9 Å². The van der Waals surface area contributed by atoms with Gasteiger partial charge in [-0.25, -0.2) is 0 Å². The fourth-order valence-electron chi connectivity index (χ4n) is 8.45. The van der Waals surface area contributed by atoms with Gasteiger partial charge in [-0.2, -0.15) is 0 Å². The normalized spacial score (nSPS) is 13.0. The molecule has 0 aliphatic carbocycles. The van der Waals surface area contributed by atoms with E-state index in [1.807, 2.05) is 12.2 Å². The Hall–Kier alpha value is -4.45. The summed E-state index contributed by atoms with van der Waals surface area (Å²) in [6.07, 6.45) is 90.5. The number of hydrogen-bond donors (Lipinski definition) is 0. The van der Waals surface area contributed by atoms with Crippen LogP contribution in [0.15, 0.2) is 134 Å². The van der Waals surface area contributed by atoms with Gasteiger partial charge in [-0.05, 0) is 122 Å². The van der Waals surface area contributed by atoms with Crippen LogP contribution in [0.5, 0.6) is 0 Å². The lowest BCUT2D eigenvalue weighted by Gasteiger charge is -2.18. The summed E-state index contributed by atoms with van der Waals surface area (Å²) in [5.74, 6) is -1.03. The third-order valence-electron chi connectivity index (χ3n) is 13.1. The number of esters is 3. The molecule has 0 amide bonds. The largest absolute Gasteiger partial charge is 0.462 e. The number of rotatable bonds is 56. The van der Waals surface area contributed by atoms with E-state index in [2.05, 4.69) is 142 Å². The van der Waals surface area contributed by atoms with Crippen molar-refractivity contribution < 1.29 is 28.6 Å². The van der Waals surface area contributed by atoms with E-state index in [-0.39, 0.29) is 44.0 Å². The standard InChI is InChI=1S/C71H116O6/c1-4-7-10-13-16-19-22-25-27-29-31-32-33-34-35-36-37-38-40-41-43-46-49-52-55-58-61-64-70(73)76-67-68(66-75-69(72)63-60-57-54-51-48-45-24-21-18-15-12-9-6-3)77-71(74)65-62-59-56-53-50-47-44-42-39-30-28-26-23-20-17-14-11-8-5-2/h8-9,11-12,17-18,20-22,25-26,28-29,31,39,42,45,47-48,50,54,57,68H,4-7,10,13-16,19,23-24,27,30,32-38,40-41,43-44,46,49,51-53,55-56,58-67H2,1-3H3/b11-8-,12-9-,20-17-,21-18-,25-22-,28-26-,31-29-,42-39-,48-45-,50-47-,57-54-. The van der Waals surface area contributed by atoms with Crippen LogP contribution in [-0.4, -0.2) is 37.2 Å². The van der Waals surface area contributed by atoms with Gasteiger partial charge in [0.25, 0.3) is 0 Å². The highest BCUT2D eigenvalue weighted by molar-refractivity contribution is 5.71. The van der Waals surface area contributed by atoms with Crippen molar-refractivity contribution in [1.29, 1.82) is 0 Å². The van der Waals surface area contributed by atoms with E-state index in [0.29, 0.717) is 19.3 Å². The molecule has 0 bridgehead atoms. The first-order chi connectivity index (χ1) is 38.0. The molecule has 0 rings (SSSR count). The third-order valence-corrected chi connectivity index (χ3v) is 13.1. The van der Waals surface area contributed by atoms with E-state index in [1.165, 1.54) is 122 Å². The van der Waals surface area contributed by atoms with Crippen LogP contribution < -0.4 is 0 Å². The number of carbonyl (C=O) groups excluding carboxylic acids is 3.